The molecule has 2 amide bonds. The summed E-state index contributed by atoms with van der Waals surface area (Å²) in [7, 11) is -2.79. The maximum atomic E-state index is 14.5. The number of halogens is 1. The van der Waals surface area contributed by atoms with Crippen molar-refractivity contribution in [2.75, 3.05) is 16.5 Å². The third-order valence-corrected chi connectivity index (χ3v) is 11.7. The molecule has 2 N–H and O–H groups in total. The van der Waals surface area contributed by atoms with E-state index in [9.17, 15) is 19.5 Å². The van der Waals surface area contributed by atoms with Gasteiger partial charge >= 0.3 is 0 Å². The third-order valence-electron chi connectivity index (χ3n) is 8.99. The summed E-state index contributed by atoms with van der Waals surface area (Å²) in [5, 5.41) is 16.5. The van der Waals surface area contributed by atoms with Crippen LogP contribution in [0.3, 0.4) is 0 Å². The number of hydrogen-bond acceptors (Lipinski definition) is 6. The van der Waals surface area contributed by atoms with Crippen molar-refractivity contribution in [2.24, 2.45) is 11.0 Å². The van der Waals surface area contributed by atoms with Crippen molar-refractivity contribution in [3.8, 4) is 0 Å². The molecular formula is C33H36ClN3O5Si. The molecule has 0 aliphatic carbocycles. The molecule has 0 unspecified atom stereocenters. The minimum Gasteiger partial charge on any atom is -0.432 e. The molecule has 43 heavy (non-hydrogen) atoms. The highest BCUT2D eigenvalue weighted by Crippen LogP contribution is 2.60. The number of hydrazone groups is 1. The molecule has 224 valence electrons. The van der Waals surface area contributed by atoms with Crippen molar-refractivity contribution >= 4 is 48.8 Å². The van der Waals surface area contributed by atoms with Crippen molar-refractivity contribution in [1.29, 1.82) is 0 Å². The molecular weight excluding hydrogens is 582 g/mol. The quantitative estimate of drug-likeness (QED) is 0.336. The zero-order valence-electron chi connectivity index (χ0n) is 24.5. The number of anilines is 2. The van der Waals surface area contributed by atoms with E-state index in [1.165, 1.54) is 5.01 Å². The number of fused-ring (bicyclic) bond motifs is 2. The fourth-order valence-electron chi connectivity index (χ4n) is 7.16. The van der Waals surface area contributed by atoms with Crippen LogP contribution in [-0.2, 0) is 26.5 Å². The van der Waals surface area contributed by atoms with Crippen molar-refractivity contribution in [3.05, 3.63) is 94.5 Å². The molecule has 0 aromatic heterocycles. The van der Waals surface area contributed by atoms with E-state index in [4.69, 9.17) is 21.4 Å². The van der Waals surface area contributed by atoms with Gasteiger partial charge in [-0.15, -0.1) is 0 Å². The second kappa shape index (κ2) is 11.3. The Morgan fingerprint density at radius 3 is 2.53 bits per heavy atom. The van der Waals surface area contributed by atoms with Crippen LogP contribution in [0.25, 0.3) is 0 Å². The lowest BCUT2D eigenvalue weighted by molar-refractivity contribution is -0.146. The van der Waals surface area contributed by atoms with Gasteiger partial charge in [0.25, 0.3) is 5.91 Å². The van der Waals surface area contributed by atoms with Crippen molar-refractivity contribution < 1.29 is 24.2 Å². The number of hydrogen-bond donors (Lipinski definition) is 2. The monoisotopic (exact) mass is 617 g/mol. The van der Waals surface area contributed by atoms with Crippen LogP contribution in [0.1, 0.15) is 42.9 Å². The first-order chi connectivity index (χ1) is 20.5. The minimum absolute atomic E-state index is 0.0852. The normalized spacial score (nSPS) is 25.4. The number of aliphatic hydroxyl groups excluding tert-OH is 1. The van der Waals surface area contributed by atoms with Crippen LogP contribution in [0.5, 0.6) is 0 Å². The molecule has 1 saturated heterocycles. The topological polar surface area (TPSA) is 103 Å². The fraction of sp³-hybridized carbons (Fsp3) is 0.364. The Morgan fingerprint density at radius 2 is 1.81 bits per heavy atom. The molecule has 0 radical (unpaired) electrons. The summed E-state index contributed by atoms with van der Waals surface area (Å²) in [6.45, 7) is 5.81. The van der Waals surface area contributed by atoms with Gasteiger partial charge in [0.2, 0.25) is 5.91 Å². The number of rotatable bonds is 7. The molecule has 3 aromatic carbocycles. The lowest BCUT2D eigenvalue weighted by Crippen LogP contribution is -2.46. The summed E-state index contributed by atoms with van der Waals surface area (Å²) < 4.78 is 6.64. The summed E-state index contributed by atoms with van der Waals surface area (Å²) in [6.07, 6.45) is 0.795. The van der Waals surface area contributed by atoms with E-state index in [0.717, 1.165) is 16.8 Å². The number of carbonyl (C=O) groups excluding carboxylic acids is 2. The van der Waals surface area contributed by atoms with E-state index in [-0.39, 0.29) is 36.4 Å². The number of amides is 2. The van der Waals surface area contributed by atoms with Crippen LogP contribution in [0.15, 0.2) is 77.9 Å². The number of nitrogens with zero attached hydrogens (tertiary/aromatic N) is 3. The Labute approximate surface area is 257 Å². The zero-order chi connectivity index (χ0) is 30.5. The summed E-state index contributed by atoms with van der Waals surface area (Å²) in [6, 6.07) is 22.8. The van der Waals surface area contributed by atoms with Crippen molar-refractivity contribution in [2.45, 2.75) is 63.1 Å². The molecule has 0 bridgehead atoms. The number of benzene rings is 3. The van der Waals surface area contributed by atoms with E-state index in [1.807, 2.05) is 80.7 Å². The highest BCUT2D eigenvalue weighted by Gasteiger charge is 2.66. The van der Waals surface area contributed by atoms with Gasteiger partial charge in [0.05, 0.1) is 29.7 Å². The van der Waals surface area contributed by atoms with Gasteiger partial charge in [-0.25, -0.2) is 5.01 Å². The van der Waals surface area contributed by atoms with Gasteiger partial charge in [-0.2, -0.15) is 5.10 Å². The Balaban J connectivity index is 1.35. The Morgan fingerprint density at radius 1 is 1.05 bits per heavy atom. The highest BCUT2D eigenvalue weighted by molar-refractivity contribution is 6.71. The van der Waals surface area contributed by atoms with Crippen molar-refractivity contribution in [3.63, 3.8) is 0 Å². The number of aliphatic hydroxyl groups is 1. The molecule has 3 aliphatic rings. The molecule has 3 aromatic rings. The first kappa shape index (κ1) is 29.7. The zero-order valence-corrected chi connectivity index (χ0v) is 26.3. The van der Waals surface area contributed by atoms with Crippen LogP contribution in [0.4, 0.5) is 11.4 Å². The van der Waals surface area contributed by atoms with Gasteiger partial charge in [-0.3, -0.25) is 9.59 Å². The van der Waals surface area contributed by atoms with Crippen LogP contribution < -0.4 is 9.91 Å². The van der Waals surface area contributed by atoms with E-state index >= 15 is 0 Å². The van der Waals surface area contributed by atoms with E-state index in [1.54, 1.807) is 17.0 Å². The van der Waals surface area contributed by atoms with Gasteiger partial charge in [0.15, 0.2) is 13.9 Å². The second-order valence-electron chi connectivity index (χ2n) is 12.2. The molecule has 1 spiro atoms. The van der Waals surface area contributed by atoms with Crippen LogP contribution in [0, 0.1) is 5.92 Å². The van der Waals surface area contributed by atoms with E-state index in [2.05, 4.69) is 0 Å². The summed E-state index contributed by atoms with van der Waals surface area (Å²) in [4.78, 5) is 40.5. The minimum atomic E-state index is -2.79. The predicted octanol–water partition coefficient (Wildman–Crippen LogP) is 5.60. The largest absolute Gasteiger partial charge is 0.432 e. The standard InChI is InChI=1S/C33H36ClN3O5Si/c1-21-31(43(2,3)41)29(16-17-38)42-33(21)26-19-24(34)12-14-28(26)36(32(33)40)20-22-8-7-11-25(18-22)37-30(39)15-13-27(35-37)23-9-5-4-6-10-23/h4-12,14,18-19,21,29,31,38,41H,13,15-17,20H2,1-3H3/t21-,29+,31-,33+/m0/s1. The molecule has 10 heteroatoms. The van der Waals surface area contributed by atoms with Crippen molar-refractivity contribution in [1.82, 2.24) is 0 Å². The maximum absolute atomic E-state index is 14.5. The van der Waals surface area contributed by atoms with E-state index in [0.29, 0.717) is 41.2 Å². The summed E-state index contributed by atoms with van der Waals surface area (Å²) >= 11 is 6.47. The van der Waals surface area contributed by atoms with Gasteiger partial charge in [0.1, 0.15) is 0 Å². The second-order valence-corrected chi connectivity index (χ2v) is 16.6. The first-order valence-electron chi connectivity index (χ1n) is 14.7. The molecule has 0 saturated carbocycles. The number of carbonyl (C=O) groups is 2. The van der Waals surface area contributed by atoms with Gasteiger partial charge in [-0.1, -0.05) is 61.0 Å². The molecule has 3 heterocycles. The smallest absolute Gasteiger partial charge is 0.264 e. The molecule has 3 aliphatic heterocycles. The lowest BCUT2D eigenvalue weighted by atomic mass is 9.82. The Kier molecular flexibility index (Phi) is 7.81. The molecule has 6 rings (SSSR count). The van der Waals surface area contributed by atoms with Crippen LogP contribution in [-0.4, -0.2) is 48.5 Å². The molecule has 1 fully saturated rings. The fourth-order valence-corrected chi connectivity index (χ4v) is 9.94. The van der Waals surface area contributed by atoms with E-state index < -0.39 is 20.0 Å². The molecule has 4 atom stereocenters. The Hall–Kier alpha value is -3.34. The summed E-state index contributed by atoms with van der Waals surface area (Å²) in [5.41, 5.74) is 3.08. The average molecular weight is 618 g/mol. The van der Waals surface area contributed by atoms with Gasteiger partial charge < -0.3 is 19.5 Å². The number of ether oxygens (including phenoxy) is 1. The summed E-state index contributed by atoms with van der Waals surface area (Å²) in [5.74, 6) is -0.642. The van der Waals surface area contributed by atoms with Crippen LogP contribution in [0.2, 0.25) is 23.7 Å². The van der Waals surface area contributed by atoms with Crippen LogP contribution >= 0.6 is 11.6 Å². The SMILES string of the molecule is C[C@H]1[C@H]([Si](C)(C)O)[C@@H](CCO)O[C@]12C(=O)N(Cc1cccc(N3N=C(c4ccccc4)CCC3=O)c1)c1ccc(Cl)cc12. The van der Waals surface area contributed by atoms with Gasteiger partial charge in [0, 0.05) is 41.5 Å². The average Bonchev–Trinajstić information content (AvgIpc) is 3.40. The Bertz CT molecular complexity index is 1590. The predicted molar refractivity (Wildman–Crippen MR) is 170 cm³/mol. The lowest BCUT2D eigenvalue weighted by Gasteiger charge is -2.32. The highest BCUT2D eigenvalue weighted by atomic mass is 35.5. The first-order valence-corrected chi connectivity index (χ1v) is 18.1. The molecule has 8 nitrogen and oxygen atoms in total. The third kappa shape index (κ3) is 5.13. The maximum Gasteiger partial charge on any atom is 0.264 e. The van der Waals surface area contributed by atoms with Gasteiger partial charge in [-0.05, 0) is 61.0 Å².